The van der Waals surface area contributed by atoms with Gasteiger partial charge in [0.05, 0.1) is 6.61 Å². The highest BCUT2D eigenvalue weighted by Crippen LogP contribution is 2.12. The van der Waals surface area contributed by atoms with E-state index in [4.69, 9.17) is 10.5 Å². The number of carbonyl (C=O) groups is 2. The minimum absolute atomic E-state index is 0.0547. The molecule has 0 bridgehead atoms. The maximum Gasteiger partial charge on any atom is 0.333 e. The first-order valence-corrected chi connectivity index (χ1v) is 5.88. The molecule has 0 aliphatic rings. The first-order valence-electron chi connectivity index (χ1n) is 5.88. The summed E-state index contributed by atoms with van der Waals surface area (Å²) in [5.41, 5.74) is 7.46. The molecule has 0 fully saturated rings. The second-order valence-electron chi connectivity index (χ2n) is 4.09. The average molecular weight is 259 g/mol. The lowest BCUT2D eigenvalue weighted by Gasteiger charge is -2.02. The molecule has 1 aromatic carbocycles. The van der Waals surface area contributed by atoms with Crippen molar-refractivity contribution < 1.29 is 14.3 Å². The second kappa shape index (κ2) is 7.16. The molecule has 0 aliphatic heterocycles. The standard InChI is InChI=1S/C15H17NO3/c1-11(2)15(18)19-10-9-13(17)8-7-12-5-3-4-6-14(12)16/h3-8H,1,9-10,16H2,2H3/b8-7+. The molecule has 4 nitrogen and oxygen atoms in total. The van der Waals surface area contributed by atoms with E-state index in [0.717, 1.165) is 5.56 Å². The fraction of sp³-hybridized carbons (Fsp3) is 0.200. The number of para-hydroxylation sites is 1. The van der Waals surface area contributed by atoms with Crippen molar-refractivity contribution in [1.82, 2.24) is 0 Å². The number of allylic oxidation sites excluding steroid dienone is 1. The molecule has 1 aromatic rings. The molecular formula is C15H17NO3. The van der Waals surface area contributed by atoms with E-state index < -0.39 is 5.97 Å². The van der Waals surface area contributed by atoms with Crippen molar-refractivity contribution in [3.8, 4) is 0 Å². The largest absolute Gasteiger partial charge is 0.462 e. The number of benzene rings is 1. The van der Waals surface area contributed by atoms with E-state index in [9.17, 15) is 9.59 Å². The van der Waals surface area contributed by atoms with E-state index >= 15 is 0 Å². The minimum atomic E-state index is -0.482. The monoisotopic (exact) mass is 259 g/mol. The Morgan fingerprint density at radius 2 is 2.05 bits per heavy atom. The SMILES string of the molecule is C=C(C)C(=O)OCCC(=O)/C=C/c1ccccc1N. The van der Waals surface area contributed by atoms with E-state index in [1.54, 1.807) is 19.1 Å². The highest BCUT2D eigenvalue weighted by Gasteiger charge is 2.04. The normalized spacial score (nSPS) is 10.4. The van der Waals surface area contributed by atoms with Crippen LogP contribution in [0.1, 0.15) is 18.9 Å². The first-order chi connectivity index (χ1) is 9.00. The zero-order valence-electron chi connectivity index (χ0n) is 10.9. The Hall–Kier alpha value is -2.36. The topological polar surface area (TPSA) is 69.4 Å². The van der Waals surface area contributed by atoms with Gasteiger partial charge in [-0.3, -0.25) is 4.79 Å². The number of nitrogen functional groups attached to an aromatic ring is 1. The zero-order valence-corrected chi connectivity index (χ0v) is 10.9. The van der Waals surface area contributed by atoms with Gasteiger partial charge in [0.2, 0.25) is 0 Å². The predicted octanol–water partition coefficient (Wildman–Crippen LogP) is 2.36. The summed E-state index contributed by atoms with van der Waals surface area (Å²) in [7, 11) is 0. The molecule has 100 valence electrons. The number of ether oxygens (including phenoxy) is 1. The van der Waals surface area contributed by atoms with Gasteiger partial charge in [0, 0.05) is 17.7 Å². The van der Waals surface area contributed by atoms with Crippen LogP contribution < -0.4 is 5.73 Å². The molecule has 0 aromatic heterocycles. The highest BCUT2D eigenvalue weighted by atomic mass is 16.5. The quantitative estimate of drug-likeness (QED) is 0.483. The number of carbonyl (C=O) groups excluding carboxylic acids is 2. The third-order valence-electron chi connectivity index (χ3n) is 2.37. The van der Waals surface area contributed by atoms with Gasteiger partial charge in [-0.15, -0.1) is 0 Å². The Bertz CT molecular complexity index is 518. The Morgan fingerprint density at radius 3 is 2.68 bits per heavy atom. The highest BCUT2D eigenvalue weighted by molar-refractivity contribution is 5.94. The van der Waals surface area contributed by atoms with Gasteiger partial charge < -0.3 is 10.5 Å². The van der Waals surface area contributed by atoms with Crippen molar-refractivity contribution in [2.24, 2.45) is 0 Å². The molecule has 0 unspecified atom stereocenters. The van der Waals surface area contributed by atoms with Gasteiger partial charge in [-0.25, -0.2) is 4.79 Å². The number of nitrogens with two attached hydrogens (primary N) is 1. The van der Waals surface area contributed by atoms with Crippen molar-refractivity contribution in [3.05, 3.63) is 48.1 Å². The van der Waals surface area contributed by atoms with E-state index in [1.165, 1.54) is 6.08 Å². The molecule has 0 atom stereocenters. The van der Waals surface area contributed by atoms with E-state index in [-0.39, 0.29) is 18.8 Å². The smallest absolute Gasteiger partial charge is 0.333 e. The Kier molecular flexibility index (Phi) is 5.54. The fourth-order valence-corrected chi connectivity index (χ4v) is 1.30. The van der Waals surface area contributed by atoms with Gasteiger partial charge in [-0.1, -0.05) is 24.8 Å². The average Bonchev–Trinajstić information content (AvgIpc) is 2.37. The van der Waals surface area contributed by atoms with Crippen molar-refractivity contribution in [1.29, 1.82) is 0 Å². The molecule has 2 N–H and O–H groups in total. The number of hydrogen-bond donors (Lipinski definition) is 1. The minimum Gasteiger partial charge on any atom is -0.462 e. The molecule has 0 saturated heterocycles. The van der Waals surface area contributed by atoms with Crippen LogP contribution in [0.3, 0.4) is 0 Å². The molecule has 0 radical (unpaired) electrons. The zero-order chi connectivity index (χ0) is 14.3. The molecule has 0 heterocycles. The predicted molar refractivity (Wildman–Crippen MR) is 75.3 cm³/mol. The van der Waals surface area contributed by atoms with Crippen LogP contribution in [0.4, 0.5) is 5.69 Å². The number of rotatable bonds is 6. The molecular weight excluding hydrogens is 242 g/mol. The second-order valence-corrected chi connectivity index (χ2v) is 4.09. The van der Waals surface area contributed by atoms with Gasteiger partial charge in [0.25, 0.3) is 0 Å². The van der Waals surface area contributed by atoms with Crippen LogP contribution in [0.5, 0.6) is 0 Å². The van der Waals surface area contributed by atoms with Crippen LogP contribution in [0.25, 0.3) is 6.08 Å². The summed E-state index contributed by atoms with van der Waals surface area (Å²) >= 11 is 0. The van der Waals surface area contributed by atoms with Crippen molar-refractivity contribution in [2.45, 2.75) is 13.3 Å². The lowest BCUT2D eigenvalue weighted by atomic mass is 10.1. The van der Waals surface area contributed by atoms with E-state index in [2.05, 4.69) is 6.58 Å². The Labute approximate surface area is 112 Å². The maximum absolute atomic E-state index is 11.5. The van der Waals surface area contributed by atoms with Crippen LogP contribution in [0.2, 0.25) is 0 Å². The fourth-order valence-electron chi connectivity index (χ4n) is 1.30. The molecule has 0 saturated carbocycles. The molecule has 0 amide bonds. The summed E-state index contributed by atoms with van der Waals surface area (Å²) in [6.07, 6.45) is 3.22. The van der Waals surface area contributed by atoms with Gasteiger partial charge in [0.15, 0.2) is 5.78 Å². The molecule has 1 rings (SSSR count). The van der Waals surface area contributed by atoms with Crippen LogP contribution in [0.15, 0.2) is 42.5 Å². The van der Waals surface area contributed by atoms with Crippen LogP contribution >= 0.6 is 0 Å². The number of anilines is 1. The number of esters is 1. The van der Waals surface area contributed by atoms with E-state index in [1.807, 2.05) is 18.2 Å². The summed E-state index contributed by atoms with van der Waals surface area (Å²) in [4.78, 5) is 22.6. The van der Waals surface area contributed by atoms with Gasteiger partial charge in [-0.05, 0) is 30.7 Å². The molecule has 0 aliphatic carbocycles. The summed E-state index contributed by atoms with van der Waals surface area (Å²) < 4.78 is 4.83. The molecule has 4 heteroatoms. The maximum atomic E-state index is 11.5. The van der Waals surface area contributed by atoms with Crippen molar-refractivity contribution in [3.63, 3.8) is 0 Å². The van der Waals surface area contributed by atoms with Crippen LogP contribution in [-0.2, 0) is 14.3 Å². The lowest BCUT2D eigenvalue weighted by Crippen LogP contribution is -2.08. The molecule has 0 spiro atoms. The van der Waals surface area contributed by atoms with Gasteiger partial charge in [0.1, 0.15) is 0 Å². The third-order valence-corrected chi connectivity index (χ3v) is 2.37. The van der Waals surface area contributed by atoms with Gasteiger partial charge >= 0.3 is 5.97 Å². The summed E-state index contributed by atoms with van der Waals surface area (Å²) in [6, 6.07) is 7.25. The van der Waals surface area contributed by atoms with Crippen molar-refractivity contribution in [2.75, 3.05) is 12.3 Å². The lowest BCUT2D eigenvalue weighted by molar-refractivity contribution is -0.139. The van der Waals surface area contributed by atoms with Crippen molar-refractivity contribution >= 4 is 23.5 Å². The van der Waals surface area contributed by atoms with E-state index in [0.29, 0.717) is 11.3 Å². The number of hydrogen-bond acceptors (Lipinski definition) is 4. The van der Waals surface area contributed by atoms with Crippen LogP contribution in [-0.4, -0.2) is 18.4 Å². The summed E-state index contributed by atoms with van der Waals surface area (Å²) in [5, 5.41) is 0. The first kappa shape index (κ1) is 14.7. The van der Waals surface area contributed by atoms with Gasteiger partial charge in [-0.2, -0.15) is 0 Å². The van der Waals surface area contributed by atoms with Crippen LogP contribution in [0, 0.1) is 0 Å². The third kappa shape index (κ3) is 5.21. The number of ketones is 1. The Balaban J connectivity index is 2.42. The Morgan fingerprint density at radius 1 is 1.37 bits per heavy atom. The summed E-state index contributed by atoms with van der Waals surface area (Å²) in [6.45, 7) is 5.06. The molecule has 19 heavy (non-hydrogen) atoms. The summed E-state index contributed by atoms with van der Waals surface area (Å²) in [5.74, 6) is -0.609.